The van der Waals surface area contributed by atoms with Gasteiger partial charge in [-0.1, -0.05) is 53.9 Å². The lowest BCUT2D eigenvalue weighted by molar-refractivity contribution is 0.103. The van der Waals surface area contributed by atoms with E-state index in [2.05, 4.69) is 10.2 Å². The third-order valence-corrected chi connectivity index (χ3v) is 5.15. The van der Waals surface area contributed by atoms with Crippen molar-refractivity contribution in [3.8, 4) is 11.1 Å². The fourth-order valence-corrected chi connectivity index (χ4v) is 3.95. The van der Waals surface area contributed by atoms with Crippen LogP contribution in [0.1, 0.15) is 34.0 Å². The van der Waals surface area contributed by atoms with E-state index in [1.54, 1.807) is 18.3 Å². The number of hydrogen-bond acceptors (Lipinski definition) is 3. The second-order valence-electron chi connectivity index (χ2n) is 6.05. The van der Waals surface area contributed by atoms with Gasteiger partial charge in [-0.05, 0) is 42.7 Å². The molecule has 1 N–H and O–H groups in total. The van der Waals surface area contributed by atoms with E-state index < -0.39 is 0 Å². The SMILES string of the molecule is CCc1c(-c2cc(C(=O)c3c(Cl)cc(Cl)cc3Cl)ccc2C)cn[nH]c1=O. The molecule has 0 atom stereocenters. The zero-order chi connectivity index (χ0) is 19.7. The predicted octanol–water partition coefficient (Wildman–Crippen LogP) is 5.50. The average molecular weight is 422 g/mol. The van der Waals surface area contributed by atoms with E-state index in [0.29, 0.717) is 28.1 Å². The van der Waals surface area contributed by atoms with Crippen LogP contribution in [0, 0.1) is 6.92 Å². The zero-order valence-electron chi connectivity index (χ0n) is 14.6. The van der Waals surface area contributed by atoms with Crippen LogP contribution in [0.3, 0.4) is 0 Å². The molecule has 3 rings (SSSR count). The summed E-state index contributed by atoms with van der Waals surface area (Å²) in [6, 6.07) is 8.21. The molecule has 0 aliphatic heterocycles. The Morgan fingerprint density at radius 2 is 1.74 bits per heavy atom. The minimum absolute atomic E-state index is 0.187. The third-order valence-electron chi connectivity index (χ3n) is 4.34. The Morgan fingerprint density at radius 1 is 1.07 bits per heavy atom. The van der Waals surface area contributed by atoms with Crippen LogP contribution in [0.15, 0.2) is 41.3 Å². The predicted molar refractivity (Wildman–Crippen MR) is 109 cm³/mol. The Bertz CT molecular complexity index is 1080. The number of nitrogens with zero attached hydrogens (tertiary/aromatic N) is 1. The Balaban J connectivity index is 2.17. The molecule has 1 heterocycles. The van der Waals surface area contributed by atoms with Crippen molar-refractivity contribution in [1.29, 1.82) is 0 Å². The van der Waals surface area contributed by atoms with Crippen LogP contribution in [-0.4, -0.2) is 16.0 Å². The normalized spacial score (nSPS) is 10.9. The molecule has 138 valence electrons. The number of aryl methyl sites for hydroxylation is 1. The molecule has 0 unspecified atom stereocenters. The molecule has 3 aromatic rings. The summed E-state index contributed by atoms with van der Waals surface area (Å²) >= 11 is 18.3. The van der Waals surface area contributed by atoms with Gasteiger partial charge >= 0.3 is 0 Å². The summed E-state index contributed by atoms with van der Waals surface area (Å²) in [5.41, 5.74) is 3.35. The molecule has 0 bridgehead atoms. The second-order valence-corrected chi connectivity index (χ2v) is 7.30. The third kappa shape index (κ3) is 3.79. The number of ketones is 1. The molecule has 0 amide bonds. The number of benzene rings is 2. The van der Waals surface area contributed by atoms with E-state index in [9.17, 15) is 9.59 Å². The molecule has 1 aromatic heterocycles. The lowest BCUT2D eigenvalue weighted by Crippen LogP contribution is -2.15. The van der Waals surface area contributed by atoms with Gasteiger partial charge in [-0.25, -0.2) is 5.10 Å². The molecule has 27 heavy (non-hydrogen) atoms. The fourth-order valence-electron chi connectivity index (χ4n) is 2.96. The van der Waals surface area contributed by atoms with Crippen LogP contribution < -0.4 is 5.56 Å². The van der Waals surface area contributed by atoms with E-state index >= 15 is 0 Å². The number of rotatable bonds is 4. The van der Waals surface area contributed by atoms with Gasteiger partial charge in [0.15, 0.2) is 5.78 Å². The number of carbonyl (C=O) groups is 1. The van der Waals surface area contributed by atoms with Gasteiger partial charge < -0.3 is 0 Å². The maximum atomic E-state index is 13.0. The van der Waals surface area contributed by atoms with Gasteiger partial charge in [0.25, 0.3) is 5.56 Å². The molecule has 0 saturated heterocycles. The van der Waals surface area contributed by atoms with Gasteiger partial charge in [0.1, 0.15) is 0 Å². The molecule has 0 spiro atoms. The summed E-state index contributed by atoms with van der Waals surface area (Å²) in [4.78, 5) is 25.1. The van der Waals surface area contributed by atoms with Crippen LogP contribution in [0.5, 0.6) is 0 Å². The first-order valence-electron chi connectivity index (χ1n) is 8.20. The van der Waals surface area contributed by atoms with Gasteiger partial charge in [0, 0.05) is 21.7 Å². The summed E-state index contributed by atoms with van der Waals surface area (Å²) in [7, 11) is 0. The van der Waals surface area contributed by atoms with Crippen LogP contribution >= 0.6 is 34.8 Å². The van der Waals surface area contributed by atoms with Gasteiger partial charge in [-0.15, -0.1) is 0 Å². The number of halogens is 3. The van der Waals surface area contributed by atoms with Crippen molar-refractivity contribution >= 4 is 40.6 Å². The van der Waals surface area contributed by atoms with Crippen LogP contribution in [0.25, 0.3) is 11.1 Å². The maximum Gasteiger partial charge on any atom is 0.267 e. The first-order valence-corrected chi connectivity index (χ1v) is 9.33. The average Bonchev–Trinajstić information content (AvgIpc) is 2.61. The van der Waals surface area contributed by atoms with E-state index in [0.717, 1.165) is 11.1 Å². The second kappa shape index (κ2) is 7.85. The summed E-state index contributed by atoms with van der Waals surface area (Å²) in [5, 5.41) is 7.07. The van der Waals surface area contributed by atoms with E-state index in [-0.39, 0.29) is 27.0 Å². The van der Waals surface area contributed by atoms with Crippen molar-refractivity contribution in [2.75, 3.05) is 0 Å². The maximum absolute atomic E-state index is 13.0. The molecule has 2 aromatic carbocycles. The molecular formula is C20H15Cl3N2O2. The Kier molecular flexibility index (Phi) is 5.70. The van der Waals surface area contributed by atoms with Gasteiger partial charge in [-0.2, -0.15) is 5.10 Å². The quantitative estimate of drug-likeness (QED) is 0.566. The Hall–Kier alpha value is -2.14. The molecule has 0 saturated carbocycles. The first-order chi connectivity index (χ1) is 12.8. The highest BCUT2D eigenvalue weighted by atomic mass is 35.5. The van der Waals surface area contributed by atoms with Gasteiger partial charge in [0.05, 0.1) is 21.8 Å². The highest BCUT2D eigenvalue weighted by Crippen LogP contribution is 2.32. The number of aromatic amines is 1. The topological polar surface area (TPSA) is 62.8 Å². The first kappa shape index (κ1) is 19.6. The molecule has 0 aliphatic rings. The van der Waals surface area contributed by atoms with E-state index in [4.69, 9.17) is 34.8 Å². The van der Waals surface area contributed by atoms with Crippen molar-refractivity contribution in [3.05, 3.63) is 84.2 Å². The highest BCUT2D eigenvalue weighted by molar-refractivity contribution is 6.43. The Labute approximate surface area is 171 Å². The van der Waals surface area contributed by atoms with Crippen molar-refractivity contribution < 1.29 is 4.79 Å². The fraction of sp³-hybridized carbons (Fsp3) is 0.150. The van der Waals surface area contributed by atoms with E-state index in [1.807, 2.05) is 19.9 Å². The van der Waals surface area contributed by atoms with Crippen molar-refractivity contribution in [3.63, 3.8) is 0 Å². The zero-order valence-corrected chi connectivity index (χ0v) is 16.8. The monoisotopic (exact) mass is 420 g/mol. The van der Waals surface area contributed by atoms with Crippen molar-refractivity contribution in [2.45, 2.75) is 20.3 Å². The lowest BCUT2D eigenvalue weighted by atomic mass is 9.93. The standard InChI is InChI=1S/C20H15Cl3N2O2/c1-3-13-15(9-24-25-20(13)27)14-6-11(5-4-10(14)2)19(26)18-16(22)7-12(21)8-17(18)23/h4-9H,3H2,1-2H3,(H,25,27). The van der Waals surface area contributed by atoms with Crippen LogP contribution in [0.2, 0.25) is 15.1 Å². The number of aromatic nitrogens is 2. The number of nitrogens with one attached hydrogen (secondary N) is 1. The molecule has 7 heteroatoms. The Morgan fingerprint density at radius 3 is 2.37 bits per heavy atom. The molecule has 0 aliphatic carbocycles. The van der Waals surface area contributed by atoms with E-state index in [1.165, 1.54) is 12.1 Å². The van der Waals surface area contributed by atoms with Crippen LogP contribution in [-0.2, 0) is 6.42 Å². The molecule has 4 nitrogen and oxygen atoms in total. The molecular weight excluding hydrogens is 407 g/mol. The summed E-state index contributed by atoms with van der Waals surface area (Å²) < 4.78 is 0. The lowest BCUT2D eigenvalue weighted by Gasteiger charge is -2.12. The summed E-state index contributed by atoms with van der Waals surface area (Å²) in [5.74, 6) is -0.321. The number of hydrogen-bond donors (Lipinski definition) is 1. The van der Waals surface area contributed by atoms with Crippen molar-refractivity contribution in [2.24, 2.45) is 0 Å². The summed E-state index contributed by atoms with van der Waals surface area (Å²) in [6.45, 7) is 3.80. The highest BCUT2D eigenvalue weighted by Gasteiger charge is 2.20. The number of carbonyl (C=O) groups excluding carboxylic acids is 1. The summed E-state index contributed by atoms with van der Waals surface area (Å²) in [6.07, 6.45) is 2.14. The smallest absolute Gasteiger partial charge is 0.267 e. The minimum atomic E-state index is -0.321. The minimum Gasteiger partial charge on any atom is -0.288 e. The van der Waals surface area contributed by atoms with Crippen LogP contribution in [0.4, 0.5) is 0 Å². The molecule has 0 radical (unpaired) electrons. The number of H-pyrrole nitrogens is 1. The van der Waals surface area contributed by atoms with Gasteiger partial charge in [0.2, 0.25) is 0 Å². The van der Waals surface area contributed by atoms with Gasteiger partial charge in [-0.3, -0.25) is 9.59 Å². The van der Waals surface area contributed by atoms with Crippen molar-refractivity contribution in [1.82, 2.24) is 10.2 Å². The largest absolute Gasteiger partial charge is 0.288 e. The molecule has 0 fully saturated rings.